The molecule has 1 aromatic carbocycles. The monoisotopic (exact) mass is 348 g/mol. The highest BCUT2D eigenvalue weighted by molar-refractivity contribution is 7.99. The van der Waals surface area contributed by atoms with Crippen molar-refractivity contribution in [2.24, 2.45) is 11.7 Å². The molecule has 0 radical (unpaired) electrons. The maximum Gasteiger partial charge on any atom is 0.221 e. The van der Waals surface area contributed by atoms with E-state index in [2.05, 4.69) is 19.2 Å². The van der Waals surface area contributed by atoms with Gasteiger partial charge in [-0.2, -0.15) is 0 Å². The lowest BCUT2D eigenvalue weighted by Gasteiger charge is -2.31. The van der Waals surface area contributed by atoms with E-state index in [1.165, 1.54) is 17.8 Å². The van der Waals surface area contributed by atoms with E-state index in [1.807, 2.05) is 6.92 Å². The molecule has 126 valence electrons. The fraction of sp³-hybridized carbons (Fsp3) is 0.562. The number of benzene rings is 1. The van der Waals surface area contributed by atoms with Gasteiger partial charge in [-0.1, -0.05) is 26.0 Å². The Balaban J connectivity index is 0.00000441. The predicted octanol–water partition coefficient (Wildman–Crippen LogP) is 3.61. The van der Waals surface area contributed by atoms with Gasteiger partial charge in [0.05, 0.1) is 0 Å². The van der Waals surface area contributed by atoms with E-state index in [0.717, 1.165) is 6.42 Å². The third-order valence-corrected chi connectivity index (χ3v) is 4.22. The molecular weight excluding hydrogens is 323 g/mol. The Morgan fingerprint density at radius 2 is 2.05 bits per heavy atom. The van der Waals surface area contributed by atoms with Gasteiger partial charge in [0.1, 0.15) is 5.82 Å². The minimum absolute atomic E-state index is 0. The Hall–Kier alpha value is -0.780. The first kappa shape index (κ1) is 21.2. The summed E-state index contributed by atoms with van der Waals surface area (Å²) in [5.41, 5.74) is 5.41. The summed E-state index contributed by atoms with van der Waals surface area (Å²) in [6.45, 7) is 6.59. The van der Waals surface area contributed by atoms with Gasteiger partial charge in [-0.15, -0.1) is 24.2 Å². The lowest BCUT2D eigenvalue weighted by molar-refractivity contribution is -0.122. The smallest absolute Gasteiger partial charge is 0.221 e. The highest BCUT2D eigenvalue weighted by Gasteiger charge is 2.25. The molecular formula is C16H26ClFN2OS. The highest BCUT2D eigenvalue weighted by atomic mass is 35.5. The van der Waals surface area contributed by atoms with Crippen molar-refractivity contribution in [1.29, 1.82) is 0 Å². The summed E-state index contributed by atoms with van der Waals surface area (Å²) in [5, 5.41) is 3.00. The summed E-state index contributed by atoms with van der Waals surface area (Å²) < 4.78 is 13.4. The molecule has 0 spiro atoms. The fourth-order valence-electron chi connectivity index (χ4n) is 2.30. The van der Waals surface area contributed by atoms with Crippen molar-refractivity contribution < 1.29 is 9.18 Å². The van der Waals surface area contributed by atoms with Gasteiger partial charge >= 0.3 is 0 Å². The van der Waals surface area contributed by atoms with E-state index in [-0.39, 0.29) is 29.7 Å². The molecule has 1 atom stereocenters. The number of rotatable bonds is 8. The third kappa shape index (κ3) is 7.47. The lowest BCUT2D eigenvalue weighted by Crippen LogP contribution is -2.52. The summed E-state index contributed by atoms with van der Waals surface area (Å²) in [6, 6.07) is 6.60. The molecule has 1 aromatic rings. The molecule has 0 fully saturated rings. The van der Waals surface area contributed by atoms with E-state index >= 15 is 0 Å². The number of nitrogens with two attached hydrogens (primary N) is 1. The van der Waals surface area contributed by atoms with Gasteiger partial charge in [-0.3, -0.25) is 4.79 Å². The average molecular weight is 349 g/mol. The van der Waals surface area contributed by atoms with Gasteiger partial charge in [-0.25, -0.2) is 4.39 Å². The number of hydrogen-bond donors (Lipinski definition) is 2. The topological polar surface area (TPSA) is 55.1 Å². The molecule has 0 aromatic heterocycles. The van der Waals surface area contributed by atoms with Gasteiger partial charge in [0, 0.05) is 29.2 Å². The number of carbonyl (C=O) groups is 1. The SMILES string of the molecule is CC(C)CC(C)(CN)NC(=O)CCSc1ccccc1F.Cl. The van der Waals surface area contributed by atoms with E-state index in [9.17, 15) is 9.18 Å². The zero-order valence-electron chi connectivity index (χ0n) is 13.4. The molecule has 22 heavy (non-hydrogen) atoms. The van der Waals surface area contributed by atoms with Crippen LogP contribution in [0.4, 0.5) is 4.39 Å². The van der Waals surface area contributed by atoms with E-state index < -0.39 is 0 Å². The molecule has 1 unspecified atom stereocenters. The van der Waals surface area contributed by atoms with Crippen LogP contribution in [-0.2, 0) is 4.79 Å². The Morgan fingerprint density at radius 3 is 2.59 bits per heavy atom. The summed E-state index contributed by atoms with van der Waals surface area (Å²) in [5.74, 6) is 0.739. The van der Waals surface area contributed by atoms with E-state index in [0.29, 0.717) is 29.5 Å². The summed E-state index contributed by atoms with van der Waals surface area (Å²) >= 11 is 1.36. The molecule has 0 aliphatic rings. The Morgan fingerprint density at radius 1 is 1.41 bits per heavy atom. The zero-order chi connectivity index (χ0) is 15.9. The second-order valence-corrected chi connectivity index (χ2v) is 7.08. The van der Waals surface area contributed by atoms with Crippen molar-refractivity contribution in [3.05, 3.63) is 30.1 Å². The molecule has 1 rings (SSSR count). The van der Waals surface area contributed by atoms with Crippen LogP contribution >= 0.6 is 24.2 Å². The van der Waals surface area contributed by atoms with Crippen LogP contribution in [0.25, 0.3) is 0 Å². The first-order chi connectivity index (χ1) is 9.86. The maximum atomic E-state index is 13.4. The number of nitrogens with one attached hydrogen (secondary N) is 1. The molecule has 0 saturated heterocycles. The van der Waals surface area contributed by atoms with Crippen molar-refractivity contribution in [2.75, 3.05) is 12.3 Å². The van der Waals surface area contributed by atoms with Gasteiger partial charge < -0.3 is 11.1 Å². The lowest BCUT2D eigenvalue weighted by atomic mass is 9.90. The molecule has 6 heteroatoms. The van der Waals surface area contributed by atoms with Gasteiger partial charge in [0.15, 0.2) is 0 Å². The fourth-order valence-corrected chi connectivity index (χ4v) is 3.19. The molecule has 0 aliphatic heterocycles. The number of amides is 1. The quantitative estimate of drug-likeness (QED) is 0.705. The van der Waals surface area contributed by atoms with Gasteiger partial charge in [-0.05, 0) is 31.4 Å². The first-order valence-corrected chi connectivity index (χ1v) is 8.23. The molecule has 1 amide bonds. The summed E-state index contributed by atoms with van der Waals surface area (Å²) in [7, 11) is 0. The average Bonchev–Trinajstić information content (AvgIpc) is 2.40. The Bertz CT molecular complexity index is 473. The molecule has 0 aliphatic carbocycles. The van der Waals surface area contributed by atoms with Crippen LogP contribution in [0.1, 0.15) is 33.6 Å². The normalized spacial score (nSPS) is 13.4. The second-order valence-electron chi connectivity index (χ2n) is 5.94. The minimum atomic E-state index is -0.367. The summed E-state index contributed by atoms with van der Waals surface area (Å²) in [4.78, 5) is 12.6. The summed E-state index contributed by atoms with van der Waals surface area (Å²) in [6.07, 6.45) is 1.20. The molecule has 0 heterocycles. The molecule has 0 saturated carbocycles. The molecule has 0 bridgehead atoms. The van der Waals surface area contributed by atoms with Crippen molar-refractivity contribution in [3.8, 4) is 0 Å². The number of thioether (sulfide) groups is 1. The second kappa shape index (κ2) is 10.1. The van der Waals surface area contributed by atoms with Crippen LogP contribution in [0.2, 0.25) is 0 Å². The number of halogens is 2. The zero-order valence-corrected chi connectivity index (χ0v) is 15.0. The van der Waals surface area contributed by atoms with Crippen LogP contribution in [0.5, 0.6) is 0 Å². The van der Waals surface area contributed by atoms with Crippen molar-refractivity contribution >= 4 is 30.1 Å². The number of hydrogen-bond acceptors (Lipinski definition) is 3. The highest BCUT2D eigenvalue weighted by Crippen LogP contribution is 2.22. The van der Waals surface area contributed by atoms with Crippen LogP contribution in [-0.4, -0.2) is 23.7 Å². The van der Waals surface area contributed by atoms with E-state index in [1.54, 1.807) is 18.2 Å². The van der Waals surface area contributed by atoms with Crippen molar-refractivity contribution in [2.45, 2.75) is 44.0 Å². The maximum absolute atomic E-state index is 13.4. The third-order valence-electron chi connectivity index (χ3n) is 3.17. The van der Waals surface area contributed by atoms with Crippen molar-refractivity contribution in [1.82, 2.24) is 5.32 Å². The van der Waals surface area contributed by atoms with Crippen LogP contribution < -0.4 is 11.1 Å². The Kier molecular flexibility index (Phi) is 9.72. The predicted molar refractivity (Wildman–Crippen MR) is 94.0 cm³/mol. The largest absolute Gasteiger partial charge is 0.350 e. The minimum Gasteiger partial charge on any atom is -0.350 e. The Labute approximate surface area is 143 Å². The first-order valence-electron chi connectivity index (χ1n) is 7.25. The van der Waals surface area contributed by atoms with Gasteiger partial charge in [0.25, 0.3) is 0 Å². The van der Waals surface area contributed by atoms with Crippen LogP contribution in [0, 0.1) is 11.7 Å². The molecule has 3 nitrogen and oxygen atoms in total. The van der Waals surface area contributed by atoms with E-state index in [4.69, 9.17) is 5.73 Å². The van der Waals surface area contributed by atoms with Crippen molar-refractivity contribution in [3.63, 3.8) is 0 Å². The van der Waals surface area contributed by atoms with Gasteiger partial charge in [0.2, 0.25) is 5.91 Å². The van der Waals surface area contributed by atoms with Crippen LogP contribution in [0.3, 0.4) is 0 Å². The number of carbonyl (C=O) groups excluding carboxylic acids is 1. The standard InChI is InChI=1S/C16H25FN2OS.ClH/c1-12(2)10-16(3,11-18)19-15(20)8-9-21-14-7-5-4-6-13(14)17;/h4-7,12H,8-11,18H2,1-3H3,(H,19,20);1H. The molecule has 3 N–H and O–H groups in total. The van der Waals surface area contributed by atoms with Crippen LogP contribution in [0.15, 0.2) is 29.2 Å².